The summed E-state index contributed by atoms with van der Waals surface area (Å²) < 4.78 is 19.7. The highest BCUT2D eigenvalue weighted by Gasteiger charge is 2.29. The second-order valence-electron chi connectivity index (χ2n) is 9.01. The minimum Gasteiger partial charge on any atom is -0.299 e. The van der Waals surface area contributed by atoms with Gasteiger partial charge in [-0.2, -0.15) is 10.6 Å². The van der Waals surface area contributed by atoms with Crippen LogP contribution in [0.15, 0.2) is 6.07 Å². The van der Waals surface area contributed by atoms with Crippen LogP contribution >= 0.6 is 21.9 Å². The van der Waals surface area contributed by atoms with Gasteiger partial charge in [-0.15, -0.1) is 11.3 Å². The zero-order valence-corrected chi connectivity index (χ0v) is 18.2. The fraction of sp³-hybridized carbons (Fsp3) is 0.700. The molecule has 1 aliphatic heterocycles. The molecule has 0 aromatic carbocycles. The van der Waals surface area contributed by atoms with E-state index in [0.29, 0.717) is 22.8 Å². The zero-order valence-electron chi connectivity index (χ0n) is 16.6. The Labute approximate surface area is 167 Å². The fourth-order valence-corrected chi connectivity index (χ4v) is 6.83. The molecule has 2 aromatic heterocycles. The Bertz CT molecular complexity index is 814. The van der Waals surface area contributed by atoms with Crippen molar-refractivity contribution < 1.29 is 9.11 Å². The van der Waals surface area contributed by atoms with E-state index in [9.17, 15) is 9.11 Å². The maximum absolute atomic E-state index is 9.85. The Balaban J connectivity index is 1.56. The molecule has 27 heavy (non-hydrogen) atoms. The predicted octanol–water partition coefficient (Wildman–Crippen LogP) is 5.25. The number of aryl methyl sites for hydroxylation is 1. The topological polar surface area (TPSA) is 69.5 Å². The normalized spacial score (nSPS) is 24.9. The largest absolute Gasteiger partial charge is 0.299 e. The maximum Gasteiger partial charge on any atom is 0.127 e. The molecular formula is C20H31N3O2S2. The van der Waals surface area contributed by atoms with Crippen LogP contribution in [0.2, 0.25) is 0 Å². The van der Waals surface area contributed by atoms with E-state index in [2.05, 4.69) is 24.8 Å². The molecule has 5 nitrogen and oxygen atoms in total. The summed E-state index contributed by atoms with van der Waals surface area (Å²) in [5.41, 5.74) is 1.58. The lowest BCUT2D eigenvalue weighted by Crippen LogP contribution is -2.38. The molecule has 0 bridgehead atoms. The van der Waals surface area contributed by atoms with Crippen molar-refractivity contribution in [3.63, 3.8) is 0 Å². The van der Waals surface area contributed by atoms with Gasteiger partial charge in [0.1, 0.15) is 10.7 Å². The van der Waals surface area contributed by atoms with Gasteiger partial charge in [-0.3, -0.25) is 14.0 Å². The number of hydrogen-bond acceptors (Lipinski definition) is 6. The van der Waals surface area contributed by atoms with E-state index in [1.165, 1.54) is 35.9 Å². The van der Waals surface area contributed by atoms with Crippen LogP contribution in [0.3, 0.4) is 0 Å². The number of aromatic nitrogens is 2. The molecule has 150 valence electrons. The van der Waals surface area contributed by atoms with E-state index in [1.807, 2.05) is 18.3 Å². The maximum atomic E-state index is 9.85. The Kier molecular flexibility index (Phi) is 5.27. The monoisotopic (exact) mass is 409 g/mol. The minimum atomic E-state index is -2.35. The second kappa shape index (κ2) is 7.26. The van der Waals surface area contributed by atoms with Gasteiger partial charge in [0.15, 0.2) is 0 Å². The molecule has 0 atom stereocenters. The number of fused-ring (bicyclic) bond motifs is 1. The van der Waals surface area contributed by atoms with Crippen molar-refractivity contribution in [1.29, 1.82) is 0 Å². The van der Waals surface area contributed by atoms with E-state index in [4.69, 9.17) is 9.97 Å². The number of thiophene rings is 1. The summed E-state index contributed by atoms with van der Waals surface area (Å²) in [4.78, 5) is 14.3. The molecule has 3 heterocycles. The van der Waals surface area contributed by atoms with Crippen molar-refractivity contribution in [3.8, 4) is 0 Å². The summed E-state index contributed by atoms with van der Waals surface area (Å²) in [5.74, 6) is 2.45. The van der Waals surface area contributed by atoms with Crippen LogP contribution < -0.4 is 0 Å². The van der Waals surface area contributed by atoms with Crippen LogP contribution in [0.5, 0.6) is 0 Å². The summed E-state index contributed by atoms with van der Waals surface area (Å²) in [6.07, 6.45) is 5.13. The number of rotatable bonds is 3. The molecule has 2 N–H and O–H groups in total. The highest BCUT2D eigenvalue weighted by molar-refractivity contribution is 8.24. The molecule has 7 heteroatoms. The standard InChI is InChI=1S/C20H31N3O2S2/c1-14-21-17(13-23-8-10-27(24,25)11-9-23)16-12-18(26-19(16)22-14)15-4-6-20(2,3)7-5-15/h12,15,24-25H,4-11,13H2,1-3H3. The molecule has 1 saturated carbocycles. The first-order valence-electron chi connectivity index (χ1n) is 9.94. The van der Waals surface area contributed by atoms with Crippen LogP contribution in [0.1, 0.15) is 61.8 Å². The first kappa shape index (κ1) is 19.6. The minimum absolute atomic E-state index is 0.479. The summed E-state index contributed by atoms with van der Waals surface area (Å²) in [6, 6.07) is 2.34. The molecule has 0 radical (unpaired) electrons. The Hall–Kier alpha value is -0.730. The Morgan fingerprint density at radius 3 is 2.52 bits per heavy atom. The molecular weight excluding hydrogens is 378 g/mol. The molecule has 2 fully saturated rings. The van der Waals surface area contributed by atoms with Crippen molar-refractivity contribution in [3.05, 3.63) is 22.5 Å². The molecule has 2 aliphatic rings. The van der Waals surface area contributed by atoms with Crippen LogP contribution in [-0.2, 0) is 6.54 Å². The quantitative estimate of drug-likeness (QED) is 0.724. The lowest BCUT2D eigenvalue weighted by molar-refractivity contribution is 0.226. The van der Waals surface area contributed by atoms with Crippen LogP contribution in [-0.4, -0.2) is 48.6 Å². The summed E-state index contributed by atoms with van der Waals surface area (Å²) in [7, 11) is -2.35. The van der Waals surface area contributed by atoms with Gasteiger partial charge < -0.3 is 0 Å². The first-order valence-corrected chi connectivity index (χ1v) is 12.6. The van der Waals surface area contributed by atoms with Crippen LogP contribution in [0.4, 0.5) is 0 Å². The zero-order chi connectivity index (χ0) is 19.2. The second-order valence-corrected chi connectivity index (χ2v) is 12.5. The Morgan fingerprint density at radius 2 is 1.85 bits per heavy atom. The average molecular weight is 410 g/mol. The van der Waals surface area contributed by atoms with E-state index >= 15 is 0 Å². The van der Waals surface area contributed by atoms with Crippen molar-refractivity contribution in [1.82, 2.24) is 14.9 Å². The first-order chi connectivity index (χ1) is 12.7. The van der Waals surface area contributed by atoms with Gasteiger partial charge in [0.05, 0.1) is 17.2 Å². The third-order valence-corrected chi connectivity index (χ3v) is 9.05. The molecule has 0 unspecified atom stereocenters. The summed E-state index contributed by atoms with van der Waals surface area (Å²) in [6.45, 7) is 8.95. The van der Waals surface area contributed by atoms with E-state index in [-0.39, 0.29) is 0 Å². The highest BCUT2D eigenvalue weighted by atomic mass is 32.3. The summed E-state index contributed by atoms with van der Waals surface area (Å²) in [5, 5.41) is 1.20. The van der Waals surface area contributed by atoms with Gasteiger partial charge in [0.25, 0.3) is 0 Å². The van der Waals surface area contributed by atoms with Crippen molar-refractivity contribution >= 4 is 32.1 Å². The molecule has 4 rings (SSSR count). The van der Waals surface area contributed by atoms with E-state index in [1.54, 1.807) is 0 Å². The lowest BCUT2D eigenvalue weighted by atomic mass is 9.73. The van der Waals surface area contributed by atoms with Gasteiger partial charge in [0, 0.05) is 29.9 Å². The van der Waals surface area contributed by atoms with Gasteiger partial charge in [-0.25, -0.2) is 9.97 Å². The van der Waals surface area contributed by atoms with Gasteiger partial charge >= 0.3 is 0 Å². The van der Waals surface area contributed by atoms with Crippen LogP contribution in [0, 0.1) is 12.3 Å². The number of nitrogens with zero attached hydrogens (tertiary/aromatic N) is 3. The molecule has 0 spiro atoms. The Morgan fingerprint density at radius 1 is 1.19 bits per heavy atom. The molecule has 1 aliphatic carbocycles. The molecule has 1 saturated heterocycles. The lowest BCUT2D eigenvalue weighted by Gasteiger charge is -2.40. The van der Waals surface area contributed by atoms with Crippen molar-refractivity contribution in [2.24, 2.45) is 5.41 Å². The van der Waals surface area contributed by atoms with Crippen molar-refractivity contribution in [2.75, 3.05) is 24.6 Å². The van der Waals surface area contributed by atoms with Crippen LogP contribution in [0.25, 0.3) is 10.2 Å². The van der Waals surface area contributed by atoms with Gasteiger partial charge in [-0.1, -0.05) is 13.8 Å². The third-order valence-electron chi connectivity index (χ3n) is 6.19. The van der Waals surface area contributed by atoms with E-state index in [0.717, 1.165) is 36.0 Å². The fourth-order valence-electron chi connectivity index (χ4n) is 4.26. The highest BCUT2D eigenvalue weighted by Crippen LogP contribution is 2.45. The average Bonchev–Trinajstić information content (AvgIpc) is 3.00. The smallest absolute Gasteiger partial charge is 0.127 e. The molecule has 0 amide bonds. The van der Waals surface area contributed by atoms with Gasteiger partial charge in [-0.05, 0) is 50.0 Å². The summed E-state index contributed by atoms with van der Waals surface area (Å²) >= 11 is 1.85. The van der Waals surface area contributed by atoms with Crippen molar-refractivity contribution in [2.45, 2.75) is 58.9 Å². The third kappa shape index (κ3) is 4.48. The molecule has 2 aromatic rings. The predicted molar refractivity (Wildman–Crippen MR) is 115 cm³/mol. The number of hydrogen-bond donors (Lipinski definition) is 2. The van der Waals surface area contributed by atoms with E-state index < -0.39 is 10.6 Å². The SMILES string of the molecule is Cc1nc(CN2CCS(O)(O)CC2)c2cc(C3CCC(C)(C)CC3)sc2n1. The van der Waals surface area contributed by atoms with Gasteiger partial charge in [0.2, 0.25) is 0 Å².